The Bertz CT molecular complexity index is 1080. The summed E-state index contributed by atoms with van der Waals surface area (Å²) in [6, 6.07) is 3.41. The fourth-order valence-corrected chi connectivity index (χ4v) is 16.4. The Balaban J connectivity index is 1.46. The summed E-state index contributed by atoms with van der Waals surface area (Å²) in [5.41, 5.74) is 0.178. The van der Waals surface area contributed by atoms with Gasteiger partial charge in [-0.25, -0.2) is 0 Å². The lowest BCUT2D eigenvalue weighted by atomic mass is 9.41. The van der Waals surface area contributed by atoms with Crippen LogP contribution in [0.25, 0.3) is 0 Å². The Morgan fingerprint density at radius 2 is 1.52 bits per heavy atom. The van der Waals surface area contributed by atoms with E-state index in [4.69, 9.17) is 9.16 Å². The van der Waals surface area contributed by atoms with Crippen molar-refractivity contribution in [3.63, 3.8) is 0 Å². The van der Waals surface area contributed by atoms with E-state index in [0.29, 0.717) is 40.4 Å². The van der Waals surface area contributed by atoms with E-state index in [1.54, 1.807) is 13.8 Å². The molecule has 4 nitrogen and oxygen atoms in total. The van der Waals surface area contributed by atoms with E-state index in [2.05, 4.69) is 62.3 Å². The first-order valence-electron chi connectivity index (χ1n) is 18.0. The first-order chi connectivity index (χ1) is 19.4. The van der Waals surface area contributed by atoms with Crippen LogP contribution in [-0.4, -0.2) is 43.1 Å². The van der Waals surface area contributed by atoms with Gasteiger partial charge in [0.1, 0.15) is 11.7 Å². The molecule has 0 amide bonds. The van der Waals surface area contributed by atoms with Gasteiger partial charge in [-0.2, -0.15) is 0 Å². The minimum Gasteiger partial charge on any atom is -0.411 e. The fourth-order valence-electron chi connectivity index (χ4n) is 13.5. The van der Waals surface area contributed by atoms with Crippen molar-refractivity contribution in [2.24, 2.45) is 56.7 Å². The molecule has 0 aromatic carbocycles. The van der Waals surface area contributed by atoms with Crippen molar-refractivity contribution >= 4 is 14.1 Å². The van der Waals surface area contributed by atoms with Gasteiger partial charge < -0.3 is 14.3 Å². The third kappa shape index (κ3) is 3.78. The summed E-state index contributed by atoms with van der Waals surface area (Å²) in [4.78, 5) is 13.5. The predicted octanol–water partition coefficient (Wildman–Crippen LogP) is 8.81. The first kappa shape index (κ1) is 31.7. The molecule has 12 atom stereocenters. The number of Topliss-reactive ketones (excluding diaryl/α,β-unsaturated/α-hetero) is 1. The Kier molecular flexibility index (Phi) is 7.29. The molecule has 6 aliphatic rings. The highest BCUT2D eigenvalue weighted by Gasteiger charge is 2.84. The van der Waals surface area contributed by atoms with Gasteiger partial charge in [0.05, 0.1) is 12.2 Å². The molecule has 2 spiro atoms. The topological polar surface area (TPSA) is 55.8 Å². The van der Waals surface area contributed by atoms with Crippen LogP contribution in [0.4, 0.5) is 0 Å². The number of aliphatic hydroxyl groups is 1. The summed E-state index contributed by atoms with van der Waals surface area (Å²) in [6.07, 6.45) is 9.72. The van der Waals surface area contributed by atoms with Crippen LogP contribution in [0.5, 0.6) is 0 Å². The van der Waals surface area contributed by atoms with Crippen molar-refractivity contribution in [1.82, 2.24) is 0 Å². The molecule has 6 rings (SSSR count). The Labute approximate surface area is 259 Å². The van der Waals surface area contributed by atoms with Gasteiger partial charge >= 0.3 is 0 Å². The molecule has 5 heteroatoms. The summed E-state index contributed by atoms with van der Waals surface area (Å²) in [5, 5.41) is 10.7. The molecule has 0 bridgehead atoms. The minimum absolute atomic E-state index is 0.0287. The average molecular weight is 601 g/mol. The second kappa shape index (κ2) is 9.64. The van der Waals surface area contributed by atoms with Crippen LogP contribution in [0.15, 0.2) is 0 Å². The monoisotopic (exact) mass is 600 g/mol. The van der Waals surface area contributed by atoms with Crippen LogP contribution in [0.2, 0.25) is 18.1 Å². The maximum atomic E-state index is 13.5. The SMILES string of the molecule is CC[Si](CC)(CC)O[C@H]1[C@H]2O[C@@H](C(=O)C(C)(C)O)C[C@@H](C)[C@@H]2[C@@]2(C)CC[C@@]34CC35CC[C@H](C)C(C)(C)[C@@H]5CC[C@H]4[C@]12C. The van der Waals surface area contributed by atoms with E-state index in [-0.39, 0.29) is 28.8 Å². The second-order valence-corrected chi connectivity index (χ2v) is 22.9. The maximum absolute atomic E-state index is 13.5. The van der Waals surface area contributed by atoms with E-state index >= 15 is 0 Å². The highest BCUT2D eigenvalue weighted by Crippen LogP contribution is 2.89. The molecule has 240 valence electrons. The number of rotatable bonds is 7. The third-order valence-electron chi connectivity index (χ3n) is 16.5. The molecule has 1 heterocycles. The molecule has 0 radical (unpaired) electrons. The number of ether oxygens (including phenoxy) is 1. The molecule has 1 N–H and O–H groups in total. The first-order valence-corrected chi connectivity index (χ1v) is 20.6. The molecule has 42 heavy (non-hydrogen) atoms. The maximum Gasteiger partial charge on any atom is 0.192 e. The van der Waals surface area contributed by atoms with Gasteiger partial charge in [-0.05, 0) is 135 Å². The summed E-state index contributed by atoms with van der Waals surface area (Å²) < 4.78 is 14.8. The zero-order valence-electron chi connectivity index (χ0n) is 29.1. The molecule has 6 fully saturated rings. The van der Waals surface area contributed by atoms with Crippen LogP contribution in [0.1, 0.15) is 128 Å². The smallest absolute Gasteiger partial charge is 0.192 e. The molecule has 0 aromatic heterocycles. The number of ketones is 1. The van der Waals surface area contributed by atoms with Crippen molar-refractivity contribution in [3.8, 4) is 0 Å². The van der Waals surface area contributed by atoms with Crippen LogP contribution >= 0.6 is 0 Å². The second-order valence-electron chi connectivity index (χ2n) is 18.2. The standard InChI is InChI=1S/C37H64O4Si/c1-12-42(13-2,14-3)41-31-29-28(23(4)21-25(40-29)30(38)33(8,9)39)34(10)19-20-37-22-36(37)18-17-24(5)32(6,7)26(36)15-16-27(37)35(31,34)11/h23-29,31,39H,12-22H2,1-11H3/t23-,24+,25-,26+,27+,28+,29+,31+,34-,35-,36?,37+/m1/s1. The van der Waals surface area contributed by atoms with Gasteiger partial charge in [-0.1, -0.05) is 62.3 Å². The number of hydrogen-bond donors (Lipinski definition) is 1. The van der Waals surface area contributed by atoms with Crippen molar-refractivity contribution < 1.29 is 19.1 Å². The molecule has 0 aromatic rings. The molecule has 1 aliphatic heterocycles. The Morgan fingerprint density at radius 1 is 0.929 bits per heavy atom. The summed E-state index contributed by atoms with van der Waals surface area (Å²) in [5.74, 6) is 2.92. The van der Waals surface area contributed by atoms with Crippen molar-refractivity contribution in [2.75, 3.05) is 0 Å². The van der Waals surface area contributed by atoms with Crippen LogP contribution < -0.4 is 0 Å². The third-order valence-corrected chi connectivity index (χ3v) is 21.1. The van der Waals surface area contributed by atoms with Gasteiger partial charge in [0.15, 0.2) is 14.1 Å². The molecular weight excluding hydrogens is 536 g/mol. The number of carbonyl (C=O) groups is 1. The Morgan fingerprint density at radius 3 is 2.12 bits per heavy atom. The van der Waals surface area contributed by atoms with E-state index in [1.165, 1.54) is 44.9 Å². The Hall–Kier alpha value is -0.233. The highest BCUT2D eigenvalue weighted by molar-refractivity contribution is 6.73. The molecule has 5 aliphatic carbocycles. The summed E-state index contributed by atoms with van der Waals surface area (Å²) in [7, 11) is -1.97. The lowest BCUT2D eigenvalue weighted by Crippen LogP contribution is -2.60. The van der Waals surface area contributed by atoms with Crippen LogP contribution in [-0.2, 0) is 14.0 Å². The zero-order valence-corrected chi connectivity index (χ0v) is 30.1. The number of carbonyl (C=O) groups excluding carboxylic acids is 1. The summed E-state index contributed by atoms with van der Waals surface area (Å²) in [6.45, 7) is 25.7. The van der Waals surface area contributed by atoms with E-state index < -0.39 is 20.0 Å². The van der Waals surface area contributed by atoms with Crippen LogP contribution in [0.3, 0.4) is 0 Å². The van der Waals surface area contributed by atoms with Gasteiger partial charge in [-0.15, -0.1) is 0 Å². The molecule has 1 unspecified atom stereocenters. The van der Waals surface area contributed by atoms with Crippen molar-refractivity contribution in [1.29, 1.82) is 0 Å². The van der Waals surface area contributed by atoms with Gasteiger partial charge in [0.2, 0.25) is 0 Å². The number of fused-ring (bicyclic) bond motifs is 4. The number of hydrogen-bond acceptors (Lipinski definition) is 4. The molecule has 1 saturated heterocycles. The lowest BCUT2D eigenvalue weighted by molar-refractivity contribution is -0.174. The lowest BCUT2D eigenvalue weighted by Gasteiger charge is -2.64. The van der Waals surface area contributed by atoms with E-state index in [1.807, 2.05) is 0 Å². The average Bonchev–Trinajstić information content (AvgIpc) is 3.56. The van der Waals surface area contributed by atoms with Crippen molar-refractivity contribution in [3.05, 3.63) is 0 Å². The fraction of sp³-hybridized carbons (Fsp3) is 0.973. The predicted molar refractivity (Wildman–Crippen MR) is 173 cm³/mol. The normalized spacial score (nSPS) is 51.0. The van der Waals surface area contributed by atoms with Gasteiger partial charge in [0, 0.05) is 5.41 Å². The molecule has 5 saturated carbocycles. The minimum atomic E-state index is -1.97. The van der Waals surface area contributed by atoms with E-state index in [0.717, 1.165) is 30.0 Å². The quantitative estimate of drug-likeness (QED) is 0.297. The van der Waals surface area contributed by atoms with Crippen molar-refractivity contribution in [2.45, 2.75) is 170 Å². The van der Waals surface area contributed by atoms with Gasteiger partial charge in [-0.3, -0.25) is 4.79 Å². The zero-order chi connectivity index (χ0) is 30.9. The summed E-state index contributed by atoms with van der Waals surface area (Å²) >= 11 is 0. The highest BCUT2D eigenvalue weighted by atomic mass is 28.4. The largest absolute Gasteiger partial charge is 0.411 e. The molecular formula is C37H64O4Si. The van der Waals surface area contributed by atoms with E-state index in [9.17, 15) is 9.90 Å². The van der Waals surface area contributed by atoms with Gasteiger partial charge in [0.25, 0.3) is 0 Å². The van der Waals surface area contributed by atoms with Crippen LogP contribution in [0, 0.1) is 56.7 Å².